The topological polar surface area (TPSA) is 104 Å². The van der Waals surface area contributed by atoms with E-state index in [2.05, 4.69) is 9.68 Å². The van der Waals surface area contributed by atoms with Crippen LogP contribution >= 0.6 is 0 Å². The molecule has 134 valence electrons. The normalized spacial score (nSPS) is 16.1. The second-order valence-corrected chi connectivity index (χ2v) is 7.57. The molecule has 1 saturated heterocycles. The van der Waals surface area contributed by atoms with Gasteiger partial charge in [0.1, 0.15) is 23.6 Å². The maximum absolute atomic E-state index is 13.0. The van der Waals surface area contributed by atoms with E-state index >= 15 is 0 Å². The quantitative estimate of drug-likeness (QED) is 0.855. The van der Waals surface area contributed by atoms with Gasteiger partial charge in [-0.15, -0.1) is 0 Å². The predicted octanol–water partition coefficient (Wildman–Crippen LogP) is 0.807. The van der Waals surface area contributed by atoms with E-state index in [9.17, 15) is 22.7 Å². The number of phenols is 1. The van der Waals surface area contributed by atoms with Crippen molar-refractivity contribution in [3.05, 3.63) is 47.6 Å². The number of rotatable bonds is 4. The molecule has 1 fully saturated rings. The average molecular weight is 369 g/mol. The molecule has 0 bridgehead atoms. The number of piperazine rings is 1. The lowest BCUT2D eigenvalue weighted by atomic mass is 10.1. The van der Waals surface area contributed by atoms with Crippen LogP contribution in [0.15, 0.2) is 35.1 Å². The first-order valence-corrected chi connectivity index (χ1v) is 9.12. The SMILES string of the molecule is O=C(c1ccc(F)cc1O)N1CCN(S(=O)(=O)Cc2ccon2)CC1. The minimum absolute atomic E-state index is 0.0136. The van der Waals surface area contributed by atoms with Crippen LogP contribution in [0.5, 0.6) is 5.75 Å². The highest BCUT2D eigenvalue weighted by atomic mass is 32.2. The molecule has 1 aliphatic rings. The number of aromatic hydroxyl groups is 1. The van der Waals surface area contributed by atoms with Crippen LogP contribution in [0.3, 0.4) is 0 Å². The number of carbonyl (C=O) groups excluding carboxylic acids is 1. The van der Waals surface area contributed by atoms with Crippen molar-refractivity contribution in [1.82, 2.24) is 14.4 Å². The second-order valence-electron chi connectivity index (χ2n) is 5.60. The molecule has 8 nitrogen and oxygen atoms in total. The van der Waals surface area contributed by atoms with E-state index in [-0.39, 0.29) is 37.5 Å². The Morgan fingerprint density at radius 3 is 2.56 bits per heavy atom. The maximum atomic E-state index is 13.0. The van der Waals surface area contributed by atoms with Gasteiger partial charge in [0.25, 0.3) is 5.91 Å². The van der Waals surface area contributed by atoms with Gasteiger partial charge < -0.3 is 14.5 Å². The fourth-order valence-electron chi connectivity index (χ4n) is 2.62. The van der Waals surface area contributed by atoms with E-state index in [0.29, 0.717) is 5.69 Å². The lowest BCUT2D eigenvalue weighted by molar-refractivity contribution is 0.0694. The van der Waals surface area contributed by atoms with Gasteiger partial charge in [-0.1, -0.05) is 5.16 Å². The van der Waals surface area contributed by atoms with Crippen molar-refractivity contribution in [2.45, 2.75) is 5.75 Å². The fraction of sp³-hybridized carbons (Fsp3) is 0.333. The smallest absolute Gasteiger partial charge is 0.257 e. The predicted molar refractivity (Wildman–Crippen MR) is 84.7 cm³/mol. The zero-order valence-corrected chi connectivity index (χ0v) is 13.9. The Morgan fingerprint density at radius 1 is 1.24 bits per heavy atom. The molecular formula is C15H16FN3O5S. The summed E-state index contributed by atoms with van der Waals surface area (Å²) in [7, 11) is -3.56. The number of hydrogen-bond donors (Lipinski definition) is 1. The van der Waals surface area contributed by atoms with Crippen LogP contribution in [0.1, 0.15) is 16.1 Å². The third-order valence-corrected chi connectivity index (χ3v) is 5.74. The Morgan fingerprint density at radius 2 is 1.96 bits per heavy atom. The van der Waals surface area contributed by atoms with Crippen LogP contribution in [0, 0.1) is 5.82 Å². The monoisotopic (exact) mass is 369 g/mol. The number of nitrogens with zero attached hydrogens (tertiary/aromatic N) is 3. The number of halogens is 1. The van der Waals surface area contributed by atoms with Gasteiger partial charge in [-0.25, -0.2) is 12.8 Å². The molecule has 3 rings (SSSR count). The van der Waals surface area contributed by atoms with Gasteiger partial charge >= 0.3 is 0 Å². The Labute approximate surface area is 143 Å². The van der Waals surface area contributed by atoms with E-state index in [0.717, 1.165) is 12.1 Å². The van der Waals surface area contributed by atoms with Crippen molar-refractivity contribution < 1.29 is 27.2 Å². The molecule has 1 amide bonds. The number of carbonyl (C=O) groups is 1. The third kappa shape index (κ3) is 3.80. The molecule has 1 aromatic heterocycles. The molecule has 0 spiro atoms. The van der Waals surface area contributed by atoms with Crippen LogP contribution in [-0.2, 0) is 15.8 Å². The Balaban J connectivity index is 1.64. The lowest BCUT2D eigenvalue weighted by Crippen LogP contribution is -2.50. The number of aromatic nitrogens is 1. The van der Waals surface area contributed by atoms with Crippen LogP contribution in [-0.4, -0.2) is 60.0 Å². The summed E-state index contributed by atoms with van der Waals surface area (Å²) in [6, 6.07) is 4.65. The van der Waals surface area contributed by atoms with E-state index in [1.807, 2.05) is 0 Å². The molecule has 1 N–H and O–H groups in total. The van der Waals surface area contributed by atoms with E-state index < -0.39 is 27.5 Å². The van der Waals surface area contributed by atoms with Crippen LogP contribution in [0.4, 0.5) is 4.39 Å². The van der Waals surface area contributed by atoms with Crippen molar-refractivity contribution in [2.75, 3.05) is 26.2 Å². The van der Waals surface area contributed by atoms with Crippen LogP contribution in [0.2, 0.25) is 0 Å². The van der Waals surface area contributed by atoms with E-state index in [1.165, 1.54) is 27.6 Å². The highest BCUT2D eigenvalue weighted by Crippen LogP contribution is 2.21. The number of amides is 1. The van der Waals surface area contributed by atoms with Crippen molar-refractivity contribution in [3.63, 3.8) is 0 Å². The number of phenolic OH excluding ortho intramolecular Hbond substituents is 1. The summed E-state index contributed by atoms with van der Waals surface area (Å²) in [5, 5.41) is 13.3. The summed E-state index contributed by atoms with van der Waals surface area (Å²) >= 11 is 0. The second kappa shape index (κ2) is 6.81. The van der Waals surface area contributed by atoms with E-state index in [4.69, 9.17) is 0 Å². The molecule has 0 aliphatic carbocycles. The van der Waals surface area contributed by atoms with Gasteiger partial charge in [0, 0.05) is 38.3 Å². The Kier molecular flexibility index (Phi) is 4.73. The molecule has 10 heteroatoms. The average Bonchev–Trinajstić information content (AvgIpc) is 3.07. The zero-order valence-electron chi connectivity index (χ0n) is 13.1. The summed E-state index contributed by atoms with van der Waals surface area (Å²) in [6.07, 6.45) is 1.30. The molecule has 2 aromatic rings. The van der Waals surface area contributed by atoms with Crippen molar-refractivity contribution in [1.29, 1.82) is 0 Å². The van der Waals surface area contributed by atoms with Gasteiger partial charge in [0.05, 0.1) is 11.3 Å². The van der Waals surface area contributed by atoms with Gasteiger partial charge in [-0.3, -0.25) is 4.79 Å². The highest BCUT2D eigenvalue weighted by Gasteiger charge is 2.30. The standard InChI is InChI=1S/C15H16FN3O5S/c16-11-1-2-13(14(20)9-11)15(21)18-4-6-19(7-5-18)25(22,23)10-12-3-8-24-17-12/h1-3,8-9,20H,4-7,10H2. The first-order valence-electron chi connectivity index (χ1n) is 7.52. The third-order valence-electron chi connectivity index (χ3n) is 3.93. The summed E-state index contributed by atoms with van der Waals surface area (Å²) in [6.45, 7) is 0.614. The van der Waals surface area contributed by atoms with Crippen LogP contribution < -0.4 is 0 Å². The summed E-state index contributed by atoms with van der Waals surface area (Å²) in [5.74, 6) is -1.81. The lowest BCUT2D eigenvalue weighted by Gasteiger charge is -2.34. The molecule has 1 aliphatic heterocycles. The largest absolute Gasteiger partial charge is 0.507 e. The minimum atomic E-state index is -3.56. The van der Waals surface area contributed by atoms with Gasteiger partial charge in [0.15, 0.2) is 0 Å². The first-order chi connectivity index (χ1) is 11.9. The molecule has 0 saturated carbocycles. The Bertz CT molecular complexity index is 861. The molecule has 2 heterocycles. The number of sulfonamides is 1. The van der Waals surface area contributed by atoms with Crippen molar-refractivity contribution in [3.8, 4) is 5.75 Å². The minimum Gasteiger partial charge on any atom is -0.507 e. The van der Waals surface area contributed by atoms with Gasteiger partial charge in [0.2, 0.25) is 10.0 Å². The highest BCUT2D eigenvalue weighted by molar-refractivity contribution is 7.88. The Hall–Kier alpha value is -2.46. The molecule has 0 atom stereocenters. The van der Waals surface area contributed by atoms with Gasteiger partial charge in [-0.05, 0) is 12.1 Å². The number of benzene rings is 1. The molecule has 0 unspecified atom stereocenters. The molecule has 0 radical (unpaired) electrons. The molecule has 1 aromatic carbocycles. The summed E-state index contributed by atoms with van der Waals surface area (Å²) in [4.78, 5) is 13.8. The fourth-order valence-corrected chi connectivity index (χ4v) is 4.04. The maximum Gasteiger partial charge on any atom is 0.257 e. The van der Waals surface area contributed by atoms with E-state index in [1.54, 1.807) is 0 Å². The number of hydrogen-bond acceptors (Lipinski definition) is 6. The summed E-state index contributed by atoms with van der Waals surface area (Å²) in [5.41, 5.74) is 0.301. The first kappa shape index (κ1) is 17.4. The van der Waals surface area contributed by atoms with Crippen LogP contribution in [0.25, 0.3) is 0 Å². The molecular weight excluding hydrogens is 353 g/mol. The summed E-state index contributed by atoms with van der Waals surface area (Å²) < 4.78 is 43.6. The van der Waals surface area contributed by atoms with Gasteiger partial charge in [-0.2, -0.15) is 4.31 Å². The van der Waals surface area contributed by atoms with Crippen molar-refractivity contribution >= 4 is 15.9 Å². The molecule has 25 heavy (non-hydrogen) atoms. The zero-order chi connectivity index (χ0) is 18.0. The van der Waals surface area contributed by atoms with Crippen molar-refractivity contribution in [2.24, 2.45) is 0 Å².